The molecule has 1 spiro atoms. The molecule has 10 heteroatoms. The number of carbonyl (C=O) groups is 3. The summed E-state index contributed by atoms with van der Waals surface area (Å²) >= 11 is 1.29. The number of aryl methyl sites for hydroxylation is 1. The molecule has 1 aliphatic heterocycles. The van der Waals surface area contributed by atoms with Gasteiger partial charge in [0.15, 0.2) is 0 Å². The Bertz CT molecular complexity index is 998. The molecule has 30 heavy (non-hydrogen) atoms. The van der Waals surface area contributed by atoms with Crippen LogP contribution < -0.4 is 10.6 Å². The fourth-order valence-electron chi connectivity index (χ4n) is 4.24. The first-order chi connectivity index (χ1) is 14.5. The number of imide groups is 1. The van der Waals surface area contributed by atoms with Crippen LogP contribution in [0.25, 0.3) is 10.2 Å². The molecule has 2 aromatic rings. The van der Waals surface area contributed by atoms with Crippen molar-refractivity contribution in [2.24, 2.45) is 0 Å². The van der Waals surface area contributed by atoms with E-state index in [1.165, 1.54) is 22.6 Å². The van der Waals surface area contributed by atoms with E-state index in [1.54, 1.807) is 6.92 Å². The van der Waals surface area contributed by atoms with Crippen molar-refractivity contribution in [3.63, 3.8) is 0 Å². The maximum absolute atomic E-state index is 12.7. The van der Waals surface area contributed by atoms with E-state index in [0.717, 1.165) is 36.6 Å². The summed E-state index contributed by atoms with van der Waals surface area (Å²) in [4.78, 5) is 48.3. The minimum absolute atomic E-state index is 0.0952. The molecule has 1 saturated heterocycles. The number of amides is 3. The molecular formula is C20H25N5O4S. The predicted octanol–water partition coefficient (Wildman–Crippen LogP) is 2.84. The Morgan fingerprint density at radius 2 is 2.10 bits per heavy atom. The van der Waals surface area contributed by atoms with E-state index >= 15 is 0 Å². The maximum Gasteiger partial charge on any atom is 0.348 e. The lowest BCUT2D eigenvalue weighted by atomic mass is 9.98. The van der Waals surface area contributed by atoms with E-state index in [-0.39, 0.29) is 17.9 Å². The van der Waals surface area contributed by atoms with Crippen LogP contribution >= 0.6 is 11.3 Å². The number of urea groups is 1. The molecule has 0 unspecified atom stereocenters. The highest BCUT2D eigenvalue weighted by Crippen LogP contribution is 2.35. The number of hydrogen-bond acceptors (Lipinski definition) is 8. The number of nitrogens with zero attached hydrogens (tertiary/aromatic N) is 3. The van der Waals surface area contributed by atoms with Gasteiger partial charge in [-0.1, -0.05) is 12.8 Å². The summed E-state index contributed by atoms with van der Waals surface area (Å²) in [5.74, 6) is 0.180. The molecule has 160 valence electrons. The second kappa shape index (κ2) is 8.17. The van der Waals surface area contributed by atoms with Gasteiger partial charge in [0.25, 0.3) is 5.91 Å². The zero-order valence-electron chi connectivity index (χ0n) is 17.1. The van der Waals surface area contributed by atoms with E-state index < -0.39 is 5.54 Å². The van der Waals surface area contributed by atoms with Crippen LogP contribution in [0.15, 0.2) is 6.33 Å². The van der Waals surface area contributed by atoms with Crippen molar-refractivity contribution in [3.05, 3.63) is 16.8 Å². The molecule has 0 radical (unpaired) electrons. The van der Waals surface area contributed by atoms with Gasteiger partial charge in [-0.3, -0.25) is 9.69 Å². The smallest absolute Gasteiger partial charge is 0.348 e. The van der Waals surface area contributed by atoms with E-state index in [2.05, 4.69) is 20.6 Å². The third-order valence-electron chi connectivity index (χ3n) is 5.74. The van der Waals surface area contributed by atoms with Crippen LogP contribution in [-0.4, -0.2) is 58.0 Å². The van der Waals surface area contributed by atoms with E-state index in [0.29, 0.717) is 41.6 Å². The Kier molecular flexibility index (Phi) is 5.59. The second-order valence-electron chi connectivity index (χ2n) is 7.64. The van der Waals surface area contributed by atoms with Crippen molar-refractivity contribution in [3.8, 4) is 0 Å². The third kappa shape index (κ3) is 3.49. The molecule has 2 aromatic heterocycles. The van der Waals surface area contributed by atoms with Crippen molar-refractivity contribution in [1.29, 1.82) is 0 Å². The standard InChI is InChI=1S/C20H25N5O4S/c1-3-29-17(26)14-12(2)13-15(22-11-23-16(13)30-14)21-9-6-10-25-18(27)20(24-19(25)28)7-4-5-8-20/h11H,3-10H2,1-2H3,(H,24,28)(H,21,22,23). The molecule has 2 aliphatic rings. The fraction of sp³-hybridized carbons (Fsp3) is 0.550. The van der Waals surface area contributed by atoms with E-state index in [4.69, 9.17) is 4.74 Å². The van der Waals surface area contributed by atoms with Crippen molar-refractivity contribution >= 4 is 45.3 Å². The highest BCUT2D eigenvalue weighted by atomic mass is 32.1. The molecule has 1 aliphatic carbocycles. The molecular weight excluding hydrogens is 406 g/mol. The van der Waals surface area contributed by atoms with Crippen LogP contribution in [0.3, 0.4) is 0 Å². The first-order valence-electron chi connectivity index (χ1n) is 10.3. The van der Waals surface area contributed by atoms with Crippen LogP contribution in [-0.2, 0) is 9.53 Å². The Hall–Kier alpha value is -2.75. The van der Waals surface area contributed by atoms with Gasteiger partial charge < -0.3 is 15.4 Å². The van der Waals surface area contributed by atoms with Gasteiger partial charge in [-0.2, -0.15) is 0 Å². The number of carbonyl (C=O) groups excluding carboxylic acids is 3. The summed E-state index contributed by atoms with van der Waals surface area (Å²) < 4.78 is 5.12. The molecule has 2 N–H and O–H groups in total. The highest BCUT2D eigenvalue weighted by Gasteiger charge is 2.51. The topological polar surface area (TPSA) is 114 Å². The monoisotopic (exact) mass is 431 g/mol. The Labute approximate surface area is 178 Å². The lowest BCUT2D eigenvalue weighted by molar-refractivity contribution is -0.131. The first kappa shape index (κ1) is 20.5. The first-order valence-corrected chi connectivity index (χ1v) is 11.1. The molecule has 2 fully saturated rings. The van der Waals surface area contributed by atoms with Gasteiger partial charge in [-0.05, 0) is 38.7 Å². The largest absolute Gasteiger partial charge is 0.462 e. The third-order valence-corrected chi connectivity index (χ3v) is 6.92. The van der Waals surface area contributed by atoms with Gasteiger partial charge in [-0.15, -0.1) is 11.3 Å². The van der Waals surface area contributed by atoms with E-state index in [1.807, 2.05) is 6.92 Å². The number of anilines is 1. The number of thiophene rings is 1. The van der Waals surface area contributed by atoms with Crippen molar-refractivity contribution in [1.82, 2.24) is 20.2 Å². The van der Waals surface area contributed by atoms with Crippen LogP contribution in [0.1, 0.15) is 54.3 Å². The molecule has 3 amide bonds. The number of rotatable bonds is 7. The van der Waals surface area contributed by atoms with Gasteiger partial charge in [0.2, 0.25) is 0 Å². The van der Waals surface area contributed by atoms with Crippen LogP contribution in [0.2, 0.25) is 0 Å². The van der Waals surface area contributed by atoms with Crippen LogP contribution in [0.5, 0.6) is 0 Å². The molecule has 1 saturated carbocycles. The lowest BCUT2D eigenvalue weighted by Crippen LogP contribution is -2.44. The molecule has 0 bridgehead atoms. The average Bonchev–Trinajstić information content (AvgIpc) is 3.39. The Balaban J connectivity index is 1.40. The summed E-state index contributed by atoms with van der Waals surface area (Å²) in [6.45, 7) is 4.82. The Morgan fingerprint density at radius 3 is 2.83 bits per heavy atom. The minimum Gasteiger partial charge on any atom is -0.462 e. The molecule has 0 aromatic carbocycles. The summed E-state index contributed by atoms with van der Waals surface area (Å²) in [7, 11) is 0. The number of aromatic nitrogens is 2. The summed E-state index contributed by atoms with van der Waals surface area (Å²) in [5.41, 5.74) is 0.120. The number of fused-ring (bicyclic) bond motifs is 1. The zero-order valence-corrected chi connectivity index (χ0v) is 17.9. The summed E-state index contributed by atoms with van der Waals surface area (Å²) in [6.07, 6.45) is 5.44. The summed E-state index contributed by atoms with van der Waals surface area (Å²) in [5, 5.41) is 6.95. The van der Waals surface area contributed by atoms with Gasteiger partial charge in [0, 0.05) is 13.1 Å². The quantitative estimate of drug-likeness (QED) is 0.394. The SMILES string of the molecule is CCOC(=O)c1sc2ncnc(NCCCN3C(=O)NC4(CCCC4)C3=O)c2c1C. The van der Waals surface area contributed by atoms with E-state index in [9.17, 15) is 14.4 Å². The minimum atomic E-state index is -0.666. The normalized spacial score (nSPS) is 17.7. The van der Waals surface area contributed by atoms with Gasteiger partial charge in [0.05, 0.1) is 12.0 Å². The highest BCUT2D eigenvalue weighted by molar-refractivity contribution is 7.20. The number of hydrogen-bond donors (Lipinski definition) is 2. The van der Waals surface area contributed by atoms with Gasteiger partial charge in [-0.25, -0.2) is 19.6 Å². The van der Waals surface area contributed by atoms with Crippen molar-refractivity contribution in [2.45, 2.75) is 51.5 Å². The number of esters is 1. The fourth-order valence-corrected chi connectivity index (χ4v) is 5.28. The number of nitrogens with one attached hydrogen (secondary N) is 2. The van der Waals surface area contributed by atoms with Crippen LogP contribution in [0, 0.1) is 6.92 Å². The lowest BCUT2D eigenvalue weighted by Gasteiger charge is -2.20. The van der Waals surface area contributed by atoms with Gasteiger partial charge >= 0.3 is 12.0 Å². The number of ether oxygens (including phenoxy) is 1. The molecule has 0 atom stereocenters. The maximum atomic E-state index is 12.7. The summed E-state index contributed by atoms with van der Waals surface area (Å²) in [6, 6.07) is -0.293. The van der Waals surface area contributed by atoms with Crippen molar-refractivity contribution < 1.29 is 19.1 Å². The Morgan fingerprint density at radius 1 is 1.33 bits per heavy atom. The zero-order chi connectivity index (χ0) is 21.3. The molecule has 9 nitrogen and oxygen atoms in total. The van der Waals surface area contributed by atoms with Crippen LogP contribution in [0.4, 0.5) is 10.6 Å². The molecule has 4 rings (SSSR count). The average molecular weight is 432 g/mol. The van der Waals surface area contributed by atoms with Crippen molar-refractivity contribution in [2.75, 3.05) is 25.0 Å². The van der Waals surface area contributed by atoms with Gasteiger partial charge in [0.1, 0.15) is 27.4 Å². The second-order valence-corrected chi connectivity index (χ2v) is 8.63. The molecule has 3 heterocycles. The predicted molar refractivity (Wildman–Crippen MR) is 113 cm³/mol.